The molecule has 0 aliphatic carbocycles. The summed E-state index contributed by atoms with van der Waals surface area (Å²) in [5, 5.41) is 10.4. The maximum absolute atomic E-state index is 11.3. The number of benzene rings is 1. The van der Waals surface area contributed by atoms with Gasteiger partial charge in [-0.15, -0.1) is 0 Å². The van der Waals surface area contributed by atoms with Crippen LogP contribution in [0.2, 0.25) is 0 Å². The van der Waals surface area contributed by atoms with Gasteiger partial charge in [0.2, 0.25) is 0 Å². The van der Waals surface area contributed by atoms with Crippen LogP contribution in [0.15, 0.2) is 24.4 Å². The third kappa shape index (κ3) is 2.58. The predicted octanol–water partition coefficient (Wildman–Crippen LogP) is 2.37. The lowest BCUT2D eigenvalue weighted by Crippen LogP contribution is -2.04. The highest BCUT2D eigenvalue weighted by Gasteiger charge is 2.07. The van der Waals surface area contributed by atoms with Gasteiger partial charge in [0.05, 0.1) is 6.61 Å². The van der Waals surface area contributed by atoms with E-state index >= 15 is 0 Å². The number of hydrogen-bond acceptors (Lipinski definition) is 3. The van der Waals surface area contributed by atoms with Gasteiger partial charge < -0.3 is 14.8 Å². The average Bonchev–Trinajstić information content (AvgIpc) is 2.69. The van der Waals surface area contributed by atoms with E-state index in [9.17, 15) is 9.90 Å². The van der Waals surface area contributed by atoms with Crippen LogP contribution in [0.5, 0.6) is 5.75 Å². The molecule has 0 fully saturated rings. The fourth-order valence-electron chi connectivity index (χ4n) is 1.84. The molecular weight excluding hydrogens is 218 g/mol. The van der Waals surface area contributed by atoms with Gasteiger partial charge in [-0.1, -0.05) is 0 Å². The standard InChI is InChI=1S/C13H15NO3/c1-2-17-13(16)6-3-9-8-14-12-5-4-10(15)7-11(9)12/h4-5,7-8,14-15H,2-3,6H2,1H3. The molecule has 2 rings (SSSR count). The first-order chi connectivity index (χ1) is 8.20. The van der Waals surface area contributed by atoms with Crippen molar-refractivity contribution in [3.63, 3.8) is 0 Å². The van der Waals surface area contributed by atoms with Gasteiger partial charge in [0.25, 0.3) is 0 Å². The Morgan fingerprint density at radius 3 is 3.06 bits per heavy atom. The minimum Gasteiger partial charge on any atom is -0.508 e. The maximum Gasteiger partial charge on any atom is 0.306 e. The predicted molar refractivity (Wildman–Crippen MR) is 64.9 cm³/mol. The molecule has 17 heavy (non-hydrogen) atoms. The van der Waals surface area contributed by atoms with Gasteiger partial charge in [-0.2, -0.15) is 0 Å². The van der Waals surface area contributed by atoms with Crippen molar-refractivity contribution < 1.29 is 14.6 Å². The van der Waals surface area contributed by atoms with Crippen LogP contribution in [0, 0.1) is 0 Å². The number of aromatic hydroxyl groups is 1. The Balaban J connectivity index is 2.13. The molecule has 0 saturated heterocycles. The van der Waals surface area contributed by atoms with Crippen molar-refractivity contribution in [1.82, 2.24) is 4.98 Å². The molecule has 90 valence electrons. The van der Waals surface area contributed by atoms with Crippen molar-refractivity contribution in [3.8, 4) is 5.75 Å². The summed E-state index contributed by atoms with van der Waals surface area (Å²) in [5.74, 6) is 0.0384. The number of aromatic amines is 1. The molecule has 2 aromatic rings. The molecule has 1 aromatic heterocycles. The summed E-state index contributed by atoms with van der Waals surface area (Å²) in [7, 11) is 0. The molecule has 0 spiro atoms. The van der Waals surface area contributed by atoms with Crippen LogP contribution in [0.3, 0.4) is 0 Å². The normalized spacial score (nSPS) is 10.6. The topological polar surface area (TPSA) is 62.3 Å². The zero-order valence-corrected chi connectivity index (χ0v) is 9.69. The smallest absolute Gasteiger partial charge is 0.306 e. The van der Waals surface area contributed by atoms with Crippen molar-refractivity contribution in [1.29, 1.82) is 0 Å². The van der Waals surface area contributed by atoms with Crippen LogP contribution < -0.4 is 0 Å². The van der Waals surface area contributed by atoms with E-state index in [-0.39, 0.29) is 11.7 Å². The molecule has 1 aromatic carbocycles. The Kier molecular flexibility index (Phi) is 3.32. The van der Waals surface area contributed by atoms with E-state index in [0.29, 0.717) is 19.4 Å². The Morgan fingerprint density at radius 2 is 2.29 bits per heavy atom. The van der Waals surface area contributed by atoms with E-state index in [4.69, 9.17) is 4.74 Å². The van der Waals surface area contributed by atoms with Crippen molar-refractivity contribution in [2.45, 2.75) is 19.8 Å². The number of phenols is 1. The van der Waals surface area contributed by atoms with Crippen LogP contribution in [-0.4, -0.2) is 22.7 Å². The zero-order chi connectivity index (χ0) is 12.3. The van der Waals surface area contributed by atoms with E-state index in [1.807, 2.05) is 12.3 Å². The van der Waals surface area contributed by atoms with E-state index in [1.165, 1.54) is 0 Å². The van der Waals surface area contributed by atoms with E-state index in [2.05, 4.69) is 4.98 Å². The Bertz CT molecular complexity index is 530. The van der Waals surface area contributed by atoms with Gasteiger partial charge in [-0.05, 0) is 37.1 Å². The van der Waals surface area contributed by atoms with Gasteiger partial charge in [-0.3, -0.25) is 4.79 Å². The van der Waals surface area contributed by atoms with Gasteiger partial charge in [0, 0.05) is 23.5 Å². The number of nitrogens with one attached hydrogen (secondary N) is 1. The first-order valence-corrected chi connectivity index (χ1v) is 5.65. The molecule has 0 atom stereocenters. The zero-order valence-electron chi connectivity index (χ0n) is 9.69. The van der Waals surface area contributed by atoms with Gasteiger partial charge in [0.15, 0.2) is 0 Å². The lowest BCUT2D eigenvalue weighted by Gasteiger charge is -2.01. The molecule has 0 amide bonds. The van der Waals surface area contributed by atoms with Crippen molar-refractivity contribution >= 4 is 16.9 Å². The van der Waals surface area contributed by atoms with E-state index in [0.717, 1.165) is 16.5 Å². The third-order valence-electron chi connectivity index (χ3n) is 2.65. The first-order valence-electron chi connectivity index (χ1n) is 5.65. The summed E-state index contributed by atoms with van der Waals surface area (Å²) in [6.45, 7) is 2.20. The van der Waals surface area contributed by atoms with Crippen molar-refractivity contribution in [3.05, 3.63) is 30.0 Å². The SMILES string of the molecule is CCOC(=O)CCc1c[nH]c2ccc(O)cc12. The summed E-state index contributed by atoms with van der Waals surface area (Å²) < 4.78 is 4.88. The monoisotopic (exact) mass is 233 g/mol. The quantitative estimate of drug-likeness (QED) is 0.797. The first kappa shape index (κ1) is 11.5. The minimum atomic E-state index is -0.193. The second-order valence-corrected chi connectivity index (χ2v) is 3.85. The van der Waals surface area contributed by atoms with Crippen LogP contribution in [0.25, 0.3) is 10.9 Å². The van der Waals surface area contributed by atoms with E-state index in [1.54, 1.807) is 19.1 Å². The highest BCUT2D eigenvalue weighted by Crippen LogP contribution is 2.23. The number of aryl methyl sites for hydroxylation is 1. The summed E-state index contributed by atoms with van der Waals surface area (Å²) in [5.41, 5.74) is 1.98. The summed E-state index contributed by atoms with van der Waals surface area (Å²) in [4.78, 5) is 14.4. The molecule has 0 unspecified atom stereocenters. The molecular formula is C13H15NO3. The number of hydrogen-bond donors (Lipinski definition) is 2. The number of esters is 1. The fourth-order valence-corrected chi connectivity index (χ4v) is 1.84. The van der Waals surface area contributed by atoms with E-state index < -0.39 is 0 Å². The van der Waals surface area contributed by atoms with Gasteiger partial charge in [-0.25, -0.2) is 0 Å². The molecule has 2 N–H and O–H groups in total. The van der Waals surface area contributed by atoms with Gasteiger partial charge >= 0.3 is 5.97 Å². The molecule has 4 heteroatoms. The van der Waals surface area contributed by atoms with Crippen LogP contribution >= 0.6 is 0 Å². The highest BCUT2D eigenvalue weighted by molar-refractivity contribution is 5.85. The summed E-state index contributed by atoms with van der Waals surface area (Å²) in [6.07, 6.45) is 2.84. The number of carbonyl (C=O) groups excluding carboxylic acids is 1. The molecule has 0 aliphatic rings. The van der Waals surface area contributed by atoms with Crippen molar-refractivity contribution in [2.75, 3.05) is 6.61 Å². The third-order valence-corrected chi connectivity index (χ3v) is 2.65. The Morgan fingerprint density at radius 1 is 1.47 bits per heavy atom. The number of carbonyl (C=O) groups is 1. The summed E-state index contributed by atoms with van der Waals surface area (Å²) >= 11 is 0. The number of aromatic nitrogens is 1. The van der Waals surface area contributed by atoms with Crippen LogP contribution in [0.4, 0.5) is 0 Å². The number of H-pyrrole nitrogens is 1. The van der Waals surface area contributed by atoms with Crippen molar-refractivity contribution in [2.24, 2.45) is 0 Å². The number of phenolic OH excluding ortho intramolecular Hbond substituents is 1. The van der Waals surface area contributed by atoms with Crippen LogP contribution in [0.1, 0.15) is 18.9 Å². The lowest BCUT2D eigenvalue weighted by atomic mass is 10.1. The maximum atomic E-state index is 11.3. The van der Waals surface area contributed by atoms with Gasteiger partial charge in [0.1, 0.15) is 5.75 Å². The Hall–Kier alpha value is -1.97. The Labute approximate surface area is 99.2 Å². The largest absolute Gasteiger partial charge is 0.508 e. The molecule has 1 heterocycles. The fraction of sp³-hybridized carbons (Fsp3) is 0.308. The minimum absolute atomic E-state index is 0.193. The molecule has 0 aliphatic heterocycles. The molecule has 4 nitrogen and oxygen atoms in total. The number of rotatable bonds is 4. The number of ether oxygens (including phenoxy) is 1. The van der Waals surface area contributed by atoms with Crippen LogP contribution in [-0.2, 0) is 16.0 Å². The molecule has 0 bridgehead atoms. The molecule has 0 radical (unpaired) electrons. The highest BCUT2D eigenvalue weighted by atomic mass is 16.5. The number of fused-ring (bicyclic) bond motifs is 1. The second-order valence-electron chi connectivity index (χ2n) is 3.85. The summed E-state index contributed by atoms with van der Waals surface area (Å²) in [6, 6.07) is 5.15. The molecule has 0 saturated carbocycles. The lowest BCUT2D eigenvalue weighted by molar-refractivity contribution is -0.143. The average molecular weight is 233 g/mol. The second kappa shape index (κ2) is 4.91.